The van der Waals surface area contributed by atoms with Gasteiger partial charge in [-0.1, -0.05) is 80.6 Å². The minimum Gasteiger partial charge on any atom is -0.456 e. The van der Waals surface area contributed by atoms with E-state index in [2.05, 4.69) is 92.7 Å². The van der Waals surface area contributed by atoms with Crippen molar-refractivity contribution in [1.82, 2.24) is 0 Å². The summed E-state index contributed by atoms with van der Waals surface area (Å²) >= 11 is 0. The van der Waals surface area contributed by atoms with Crippen LogP contribution in [-0.2, 0) is 5.41 Å². The minimum absolute atomic E-state index is 0.00959. The molecule has 6 aromatic carbocycles. The van der Waals surface area contributed by atoms with Gasteiger partial charge in [0.2, 0.25) is 5.43 Å². The first-order chi connectivity index (χ1) is 21.0. The van der Waals surface area contributed by atoms with Crippen LogP contribution in [0, 0.1) is 0 Å². The third kappa shape index (κ3) is 3.45. The standard InChI is InChI=1S/C40H26O3/c1-40(2)33-12-5-3-10-27(33)29-21-31-30-19-25(14-16-36(30)43-38(31)22-34(29)40)23-8-7-9-24(18-23)26-15-17-37-32(20-26)39(41)28-11-4-6-13-35(28)42-37/h3-22H,1-2H3. The highest BCUT2D eigenvalue weighted by molar-refractivity contribution is 6.09. The second kappa shape index (κ2) is 8.56. The van der Waals surface area contributed by atoms with E-state index in [1.165, 1.54) is 22.3 Å². The van der Waals surface area contributed by atoms with Crippen molar-refractivity contribution >= 4 is 43.9 Å². The summed E-state index contributed by atoms with van der Waals surface area (Å²) in [6, 6.07) is 41.4. The van der Waals surface area contributed by atoms with Crippen molar-refractivity contribution in [2.24, 2.45) is 0 Å². The van der Waals surface area contributed by atoms with Gasteiger partial charge in [-0.2, -0.15) is 0 Å². The molecular weight excluding hydrogens is 528 g/mol. The van der Waals surface area contributed by atoms with Gasteiger partial charge in [-0.3, -0.25) is 4.79 Å². The molecule has 0 fully saturated rings. The van der Waals surface area contributed by atoms with Crippen LogP contribution >= 0.6 is 0 Å². The molecule has 0 aliphatic heterocycles. The monoisotopic (exact) mass is 554 g/mol. The molecule has 0 N–H and O–H groups in total. The van der Waals surface area contributed by atoms with Gasteiger partial charge in [0.1, 0.15) is 22.3 Å². The van der Waals surface area contributed by atoms with Crippen molar-refractivity contribution in [1.29, 1.82) is 0 Å². The fourth-order valence-electron chi connectivity index (χ4n) is 7.01. The maximum atomic E-state index is 13.3. The SMILES string of the molecule is CC1(C)c2ccccc2-c2cc3c(cc21)oc1ccc(-c2cccc(-c4ccc5oc6ccccc6c(=O)c5c4)c2)cc13. The highest BCUT2D eigenvalue weighted by atomic mass is 16.3. The first kappa shape index (κ1) is 24.2. The van der Waals surface area contributed by atoms with Crippen LogP contribution in [0.5, 0.6) is 0 Å². The zero-order valence-electron chi connectivity index (χ0n) is 23.8. The molecule has 0 radical (unpaired) electrons. The van der Waals surface area contributed by atoms with Gasteiger partial charge >= 0.3 is 0 Å². The smallest absolute Gasteiger partial charge is 0.200 e. The molecule has 0 atom stereocenters. The summed E-state index contributed by atoms with van der Waals surface area (Å²) in [6.45, 7) is 4.59. The predicted molar refractivity (Wildman–Crippen MR) is 176 cm³/mol. The molecule has 8 aromatic rings. The number of para-hydroxylation sites is 1. The van der Waals surface area contributed by atoms with Gasteiger partial charge < -0.3 is 8.83 Å². The molecule has 0 amide bonds. The fraction of sp³-hybridized carbons (Fsp3) is 0.0750. The van der Waals surface area contributed by atoms with E-state index in [1.54, 1.807) is 0 Å². The maximum absolute atomic E-state index is 13.3. The van der Waals surface area contributed by atoms with Crippen LogP contribution in [-0.4, -0.2) is 0 Å². The third-order valence-electron chi connectivity index (χ3n) is 9.28. The Morgan fingerprint density at radius 3 is 1.86 bits per heavy atom. The average Bonchev–Trinajstić information content (AvgIpc) is 3.51. The van der Waals surface area contributed by atoms with Crippen LogP contribution in [0.4, 0.5) is 0 Å². The lowest BCUT2D eigenvalue weighted by molar-refractivity contribution is 0.647. The molecule has 0 saturated heterocycles. The summed E-state index contributed by atoms with van der Waals surface area (Å²) in [4.78, 5) is 13.3. The van der Waals surface area contributed by atoms with Crippen molar-refractivity contribution < 1.29 is 8.83 Å². The van der Waals surface area contributed by atoms with Crippen molar-refractivity contribution in [2.75, 3.05) is 0 Å². The molecular formula is C40H26O3. The highest BCUT2D eigenvalue weighted by Crippen LogP contribution is 2.50. The molecule has 0 saturated carbocycles. The van der Waals surface area contributed by atoms with E-state index >= 15 is 0 Å². The Hall–Kier alpha value is -5.41. The normalized spacial score (nSPS) is 13.6. The maximum Gasteiger partial charge on any atom is 0.200 e. The molecule has 204 valence electrons. The molecule has 1 aliphatic rings. The zero-order chi connectivity index (χ0) is 28.9. The van der Waals surface area contributed by atoms with Gasteiger partial charge in [-0.25, -0.2) is 0 Å². The predicted octanol–water partition coefficient (Wildman–Crippen LogP) is 10.5. The lowest BCUT2D eigenvalue weighted by atomic mass is 9.82. The van der Waals surface area contributed by atoms with Gasteiger partial charge in [0.05, 0.1) is 10.8 Å². The topological polar surface area (TPSA) is 43.4 Å². The lowest BCUT2D eigenvalue weighted by Crippen LogP contribution is -2.14. The van der Waals surface area contributed by atoms with E-state index in [1.807, 2.05) is 42.5 Å². The Labute approximate surface area is 247 Å². The first-order valence-corrected chi connectivity index (χ1v) is 14.6. The van der Waals surface area contributed by atoms with Gasteiger partial charge in [0, 0.05) is 16.2 Å². The molecule has 0 bridgehead atoms. The highest BCUT2D eigenvalue weighted by Gasteiger charge is 2.36. The van der Waals surface area contributed by atoms with E-state index < -0.39 is 0 Å². The number of furan rings is 1. The van der Waals surface area contributed by atoms with Crippen LogP contribution in [0.25, 0.3) is 77.3 Å². The Morgan fingerprint density at radius 2 is 1.05 bits per heavy atom. The molecule has 3 heteroatoms. The zero-order valence-corrected chi connectivity index (χ0v) is 23.8. The fourth-order valence-corrected chi connectivity index (χ4v) is 7.01. The summed E-state index contributed by atoms with van der Waals surface area (Å²) < 4.78 is 12.4. The summed E-state index contributed by atoms with van der Waals surface area (Å²) in [5, 5.41) is 3.43. The molecule has 1 aliphatic carbocycles. The molecule has 0 unspecified atom stereocenters. The van der Waals surface area contributed by atoms with Crippen LogP contribution in [0.1, 0.15) is 25.0 Å². The first-order valence-electron chi connectivity index (χ1n) is 14.6. The second-order valence-corrected chi connectivity index (χ2v) is 12.1. The molecule has 0 spiro atoms. The summed E-state index contributed by atoms with van der Waals surface area (Å²) in [5.41, 5.74) is 12.4. The van der Waals surface area contributed by atoms with Crippen molar-refractivity contribution in [3.63, 3.8) is 0 Å². The number of benzene rings is 6. The second-order valence-electron chi connectivity index (χ2n) is 12.1. The summed E-state index contributed by atoms with van der Waals surface area (Å²) in [5.74, 6) is 0. The van der Waals surface area contributed by atoms with Gasteiger partial charge in [-0.05, 0) is 99.1 Å². The number of rotatable bonds is 2. The van der Waals surface area contributed by atoms with Crippen LogP contribution in [0.2, 0.25) is 0 Å². The Bertz CT molecular complexity index is 2510. The Morgan fingerprint density at radius 1 is 0.442 bits per heavy atom. The quantitative estimate of drug-likeness (QED) is 0.200. The Balaban J connectivity index is 1.17. The van der Waals surface area contributed by atoms with Gasteiger partial charge in [-0.15, -0.1) is 0 Å². The van der Waals surface area contributed by atoms with E-state index in [-0.39, 0.29) is 10.8 Å². The average molecular weight is 555 g/mol. The molecule has 2 heterocycles. The van der Waals surface area contributed by atoms with E-state index in [4.69, 9.17) is 8.83 Å². The van der Waals surface area contributed by atoms with Crippen molar-refractivity contribution in [3.8, 4) is 33.4 Å². The largest absolute Gasteiger partial charge is 0.456 e. The van der Waals surface area contributed by atoms with Crippen molar-refractivity contribution in [3.05, 3.63) is 143 Å². The van der Waals surface area contributed by atoms with Crippen LogP contribution in [0.3, 0.4) is 0 Å². The number of fused-ring (bicyclic) bond motifs is 8. The molecule has 9 rings (SSSR count). The van der Waals surface area contributed by atoms with Crippen LogP contribution in [0.15, 0.2) is 135 Å². The van der Waals surface area contributed by atoms with Gasteiger partial charge in [0.25, 0.3) is 0 Å². The van der Waals surface area contributed by atoms with Gasteiger partial charge in [0.15, 0.2) is 0 Å². The number of hydrogen-bond donors (Lipinski definition) is 0. The third-order valence-corrected chi connectivity index (χ3v) is 9.28. The van der Waals surface area contributed by atoms with Crippen LogP contribution < -0.4 is 5.43 Å². The summed E-state index contributed by atoms with van der Waals surface area (Å²) in [7, 11) is 0. The molecule has 2 aromatic heterocycles. The molecule has 43 heavy (non-hydrogen) atoms. The Kier molecular flexibility index (Phi) is 4.82. The summed E-state index contributed by atoms with van der Waals surface area (Å²) in [6.07, 6.45) is 0. The van der Waals surface area contributed by atoms with E-state index in [9.17, 15) is 4.79 Å². The minimum atomic E-state index is -0.0680. The lowest BCUT2D eigenvalue weighted by Gasteiger charge is -2.21. The van der Waals surface area contributed by atoms with Crippen molar-refractivity contribution in [2.45, 2.75) is 19.3 Å². The molecule has 3 nitrogen and oxygen atoms in total. The van der Waals surface area contributed by atoms with E-state index in [0.717, 1.165) is 44.2 Å². The number of hydrogen-bond acceptors (Lipinski definition) is 3. The van der Waals surface area contributed by atoms with E-state index in [0.29, 0.717) is 21.9 Å².